The summed E-state index contributed by atoms with van der Waals surface area (Å²) in [6.45, 7) is 5.92. The Labute approximate surface area is 115 Å². The zero-order valence-corrected chi connectivity index (χ0v) is 11.9. The zero-order valence-electron chi connectivity index (χ0n) is 11.9. The van der Waals surface area contributed by atoms with Gasteiger partial charge in [0.15, 0.2) is 0 Å². The van der Waals surface area contributed by atoms with E-state index in [-0.39, 0.29) is 11.9 Å². The third-order valence-corrected chi connectivity index (χ3v) is 3.85. The first-order valence-electron chi connectivity index (χ1n) is 7.23. The second-order valence-corrected chi connectivity index (χ2v) is 5.58. The van der Waals surface area contributed by atoms with Crippen LogP contribution in [0, 0.1) is 12.8 Å². The summed E-state index contributed by atoms with van der Waals surface area (Å²) < 4.78 is 0. The van der Waals surface area contributed by atoms with Crippen LogP contribution in [0.15, 0.2) is 24.3 Å². The van der Waals surface area contributed by atoms with Crippen LogP contribution >= 0.6 is 0 Å². The van der Waals surface area contributed by atoms with E-state index in [9.17, 15) is 4.79 Å². The van der Waals surface area contributed by atoms with Gasteiger partial charge in [-0.3, -0.25) is 4.79 Å². The van der Waals surface area contributed by atoms with Crippen molar-refractivity contribution in [3.05, 3.63) is 35.4 Å². The number of rotatable bonds is 4. The van der Waals surface area contributed by atoms with Crippen molar-refractivity contribution in [3.8, 4) is 0 Å². The largest absolute Gasteiger partial charge is 0.354 e. The average molecular weight is 260 g/mol. The van der Waals surface area contributed by atoms with Crippen LogP contribution in [0.1, 0.15) is 30.9 Å². The van der Waals surface area contributed by atoms with Gasteiger partial charge in [0.1, 0.15) is 0 Å². The molecule has 0 bridgehead atoms. The smallest absolute Gasteiger partial charge is 0.237 e. The first-order chi connectivity index (χ1) is 9.16. The molecule has 1 aromatic carbocycles. The van der Waals surface area contributed by atoms with Gasteiger partial charge in [-0.2, -0.15) is 0 Å². The summed E-state index contributed by atoms with van der Waals surface area (Å²) >= 11 is 0. The zero-order chi connectivity index (χ0) is 13.7. The number of nitrogens with one attached hydrogen (secondary N) is 2. The summed E-state index contributed by atoms with van der Waals surface area (Å²) in [6.07, 6.45) is 3.21. The summed E-state index contributed by atoms with van der Waals surface area (Å²) in [5.41, 5.74) is 2.55. The Bertz CT molecular complexity index is 431. The van der Waals surface area contributed by atoms with Crippen molar-refractivity contribution in [2.45, 2.75) is 39.2 Å². The first kappa shape index (κ1) is 14.1. The highest BCUT2D eigenvalue weighted by Gasteiger charge is 2.26. The van der Waals surface area contributed by atoms with Crippen LogP contribution in [0.4, 0.5) is 0 Å². The fourth-order valence-electron chi connectivity index (χ4n) is 2.71. The van der Waals surface area contributed by atoms with Crippen molar-refractivity contribution in [1.29, 1.82) is 0 Å². The molecule has 0 radical (unpaired) electrons. The lowest BCUT2D eigenvalue weighted by Crippen LogP contribution is -2.51. The first-order valence-corrected chi connectivity index (χ1v) is 7.23. The van der Waals surface area contributed by atoms with E-state index in [1.165, 1.54) is 17.5 Å². The summed E-state index contributed by atoms with van der Waals surface area (Å²) in [5, 5.41) is 6.36. The molecule has 0 aromatic heterocycles. The van der Waals surface area contributed by atoms with Gasteiger partial charge in [0.25, 0.3) is 0 Å². The van der Waals surface area contributed by atoms with E-state index in [0.717, 1.165) is 19.4 Å². The highest BCUT2D eigenvalue weighted by atomic mass is 16.2. The van der Waals surface area contributed by atoms with Crippen LogP contribution in [0.5, 0.6) is 0 Å². The molecule has 1 aromatic rings. The average Bonchev–Trinajstić information content (AvgIpc) is 2.39. The number of carbonyl (C=O) groups excluding carboxylic acids is 1. The predicted octanol–water partition coefficient (Wildman–Crippen LogP) is 2.04. The van der Waals surface area contributed by atoms with Crippen LogP contribution in [0.25, 0.3) is 0 Å². The standard InChI is InChI=1S/C16H24N2O/c1-12-5-3-7-14(11-12)8-10-18-16(19)15-13(2)6-4-9-17-15/h3,5,7,11,13,15,17H,4,6,8-10H2,1-2H3,(H,18,19). The van der Waals surface area contributed by atoms with Crippen LogP contribution in [0.3, 0.4) is 0 Å². The maximum absolute atomic E-state index is 12.1. The third-order valence-electron chi connectivity index (χ3n) is 3.85. The molecular formula is C16H24N2O. The molecule has 3 nitrogen and oxygen atoms in total. The van der Waals surface area contributed by atoms with Crippen LogP contribution in [0.2, 0.25) is 0 Å². The molecule has 0 aliphatic carbocycles. The van der Waals surface area contributed by atoms with Crippen molar-refractivity contribution in [3.63, 3.8) is 0 Å². The van der Waals surface area contributed by atoms with Crippen molar-refractivity contribution >= 4 is 5.91 Å². The second-order valence-electron chi connectivity index (χ2n) is 5.58. The molecule has 0 saturated carbocycles. The van der Waals surface area contributed by atoms with Crippen LogP contribution < -0.4 is 10.6 Å². The highest BCUT2D eigenvalue weighted by molar-refractivity contribution is 5.82. The monoisotopic (exact) mass is 260 g/mol. The van der Waals surface area contributed by atoms with Crippen LogP contribution in [-0.4, -0.2) is 25.0 Å². The van der Waals surface area contributed by atoms with Gasteiger partial charge < -0.3 is 10.6 Å². The lowest BCUT2D eigenvalue weighted by molar-refractivity contribution is -0.124. The van der Waals surface area contributed by atoms with Gasteiger partial charge in [-0.1, -0.05) is 36.8 Å². The Hall–Kier alpha value is -1.35. The SMILES string of the molecule is Cc1cccc(CCNC(=O)C2NCCCC2C)c1. The molecule has 3 heteroatoms. The molecule has 2 atom stereocenters. The van der Waals surface area contributed by atoms with Crippen molar-refractivity contribution in [2.24, 2.45) is 5.92 Å². The molecular weight excluding hydrogens is 236 g/mol. The van der Waals surface area contributed by atoms with Crippen LogP contribution in [-0.2, 0) is 11.2 Å². The molecule has 1 fully saturated rings. The topological polar surface area (TPSA) is 41.1 Å². The number of piperidine rings is 1. The molecule has 2 unspecified atom stereocenters. The molecule has 2 N–H and O–H groups in total. The molecule has 104 valence electrons. The lowest BCUT2D eigenvalue weighted by atomic mass is 9.92. The summed E-state index contributed by atoms with van der Waals surface area (Å²) in [6, 6.07) is 8.44. The highest BCUT2D eigenvalue weighted by Crippen LogP contribution is 2.15. The van der Waals surface area contributed by atoms with E-state index in [1.807, 2.05) is 0 Å². The molecule has 1 amide bonds. The fraction of sp³-hybridized carbons (Fsp3) is 0.562. The van der Waals surface area contributed by atoms with E-state index >= 15 is 0 Å². The van der Waals surface area contributed by atoms with Crippen molar-refractivity contribution in [1.82, 2.24) is 10.6 Å². The van der Waals surface area contributed by atoms with Gasteiger partial charge in [-0.25, -0.2) is 0 Å². The Balaban J connectivity index is 1.77. The van der Waals surface area contributed by atoms with E-state index in [1.54, 1.807) is 0 Å². The number of benzene rings is 1. The molecule has 1 saturated heterocycles. The molecule has 1 aliphatic heterocycles. The molecule has 19 heavy (non-hydrogen) atoms. The number of aryl methyl sites for hydroxylation is 1. The second kappa shape index (κ2) is 6.71. The van der Waals surface area contributed by atoms with Gasteiger partial charge in [-0.05, 0) is 44.2 Å². The fourth-order valence-corrected chi connectivity index (χ4v) is 2.71. The van der Waals surface area contributed by atoms with Crippen molar-refractivity contribution < 1.29 is 4.79 Å². The molecule has 1 aliphatic rings. The molecule has 0 spiro atoms. The third kappa shape index (κ3) is 4.06. The van der Waals surface area contributed by atoms with E-state index in [4.69, 9.17) is 0 Å². The number of hydrogen-bond donors (Lipinski definition) is 2. The number of hydrogen-bond acceptors (Lipinski definition) is 2. The minimum absolute atomic E-state index is 0.00809. The van der Waals surface area contributed by atoms with E-state index in [2.05, 4.69) is 48.7 Å². The Kier molecular flexibility index (Phi) is 4.97. The van der Waals surface area contributed by atoms with Gasteiger partial charge >= 0.3 is 0 Å². The van der Waals surface area contributed by atoms with Crippen molar-refractivity contribution in [2.75, 3.05) is 13.1 Å². The Morgan fingerprint density at radius 3 is 3.05 bits per heavy atom. The van der Waals surface area contributed by atoms with Gasteiger partial charge in [-0.15, -0.1) is 0 Å². The van der Waals surface area contributed by atoms with E-state index in [0.29, 0.717) is 12.5 Å². The number of carbonyl (C=O) groups is 1. The predicted molar refractivity (Wildman–Crippen MR) is 78.1 cm³/mol. The Morgan fingerprint density at radius 2 is 2.32 bits per heavy atom. The minimum atomic E-state index is -0.00809. The summed E-state index contributed by atoms with van der Waals surface area (Å²) in [4.78, 5) is 12.1. The molecule has 2 rings (SSSR count). The quantitative estimate of drug-likeness (QED) is 0.870. The molecule has 1 heterocycles. The summed E-state index contributed by atoms with van der Waals surface area (Å²) in [5.74, 6) is 0.590. The number of amides is 1. The maximum atomic E-state index is 12.1. The normalized spacial score (nSPS) is 23.1. The maximum Gasteiger partial charge on any atom is 0.237 e. The van der Waals surface area contributed by atoms with E-state index < -0.39 is 0 Å². The Morgan fingerprint density at radius 1 is 1.47 bits per heavy atom. The lowest BCUT2D eigenvalue weighted by Gasteiger charge is -2.28. The van der Waals surface area contributed by atoms with Gasteiger partial charge in [0, 0.05) is 6.54 Å². The van der Waals surface area contributed by atoms with Gasteiger partial charge in [0.2, 0.25) is 5.91 Å². The minimum Gasteiger partial charge on any atom is -0.354 e. The van der Waals surface area contributed by atoms with Gasteiger partial charge in [0.05, 0.1) is 6.04 Å². The summed E-state index contributed by atoms with van der Waals surface area (Å²) in [7, 11) is 0.